The minimum absolute atomic E-state index is 0.130. The molecule has 0 saturated carbocycles. The van der Waals surface area contributed by atoms with E-state index in [0.29, 0.717) is 0 Å². The van der Waals surface area contributed by atoms with Gasteiger partial charge >= 0.3 is 0 Å². The lowest BCUT2D eigenvalue weighted by Crippen LogP contribution is -2.29. The molecule has 0 bridgehead atoms. The highest BCUT2D eigenvalue weighted by molar-refractivity contribution is 7.25. The summed E-state index contributed by atoms with van der Waals surface area (Å²) in [5, 5.41) is 7.33. The number of anilines is 2. The van der Waals surface area contributed by atoms with Crippen LogP contribution in [0.5, 0.6) is 0 Å². The summed E-state index contributed by atoms with van der Waals surface area (Å²) in [6, 6.07) is 73.6. The summed E-state index contributed by atoms with van der Waals surface area (Å²) in [5.74, 6) is 0.226. The third-order valence-electron chi connectivity index (χ3n) is 13.7. The van der Waals surface area contributed by atoms with Gasteiger partial charge in [-0.3, -0.25) is 0 Å². The molecule has 0 N–H and O–H groups in total. The average Bonchev–Trinajstić information content (AvgIpc) is 4.10. The summed E-state index contributed by atoms with van der Waals surface area (Å²) >= 11 is 1.87. The van der Waals surface area contributed by atoms with E-state index in [1.165, 1.54) is 92.3 Å². The number of para-hydroxylation sites is 1. The van der Waals surface area contributed by atoms with Crippen molar-refractivity contribution in [3.8, 4) is 27.9 Å². The van der Waals surface area contributed by atoms with Gasteiger partial charge in [0.25, 0.3) is 0 Å². The molecule has 0 saturated heterocycles. The van der Waals surface area contributed by atoms with Crippen molar-refractivity contribution in [2.24, 2.45) is 0 Å². The second-order valence-corrected chi connectivity index (χ2v) is 18.3. The van der Waals surface area contributed by atoms with Crippen LogP contribution >= 0.6 is 11.3 Å². The van der Waals surface area contributed by atoms with Crippen LogP contribution in [-0.4, -0.2) is 10.6 Å². The molecule has 3 nitrogen and oxygen atoms in total. The predicted octanol–water partition coefficient (Wildman–Crippen LogP) is 16.6. The molecule has 4 heteroatoms. The lowest BCUT2D eigenvalue weighted by molar-refractivity contribution is 0.669. The molecule has 0 fully saturated rings. The third-order valence-corrected chi connectivity index (χ3v) is 14.9. The monoisotopic (exact) mass is 834 g/mol. The Bertz CT molecular complexity index is 3920. The quantitative estimate of drug-likeness (QED) is 0.172. The van der Waals surface area contributed by atoms with Crippen LogP contribution in [0.3, 0.4) is 0 Å². The van der Waals surface area contributed by atoms with E-state index in [4.69, 9.17) is 4.42 Å². The van der Waals surface area contributed by atoms with Crippen LogP contribution in [0.1, 0.15) is 17.0 Å². The number of hydrogen-bond acceptors (Lipinski definition) is 3. The molecule has 9 aromatic carbocycles. The zero-order valence-corrected chi connectivity index (χ0v) is 35.5. The molecule has 12 aromatic rings. The molecule has 1 aliphatic carbocycles. The second kappa shape index (κ2) is 13.8. The van der Waals surface area contributed by atoms with Gasteiger partial charge in [-0.15, -0.1) is 11.3 Å². The van der Waals surface area contributed by atoms with Crippen molar-refractivity contribution in [2.45, 2.75) is 12.0 Å². The van der Waals surface area contributed by atoms with Gasteiger partial charge in [-0.1, -0.05) is 152 Å². The highest BCUT2D eigenvalue weighted by Gasteiger charge is 2.39. The number of fused-ring (bicyclic) bond motifs is 12. The second-order valence-electron chi connectivity index (χ2n) is 17.2. The van der Waals surface area contributed by atoms with E-state index in [9.17, 15) is 0 Å². The summed E-state index contributed by atoms with van der Waals surface area (Å²) in [7, 11) is 0. The minimum Gasteiger partial charge on any atom is -0.456 e. The first kappa shape index (κ1) is 35.7. The van der Waals surface area contributed by atoms with Crippen LogP contribution in [0.2, 0.25) is 0 Å². The number of aromatic nitrogens is 1. The molecule has 4 heterocycles. The third kappa shape index (κ3) is 5.39. The number of benzene rings is 9. The zero-order chi connectivity index (χ0) is 41.9. The van der Waals surface area contributed by atoms with E-state index in [2.05, 4.69) is 222 Å². The summed E-state index contributed by atoms with van der Waals surface area (Å²) in [6.07, 6.45) is 7.25. The maximum Gasteiger partial charge on any atom is 0.135 e. The summed E-state index contributed by atoms with van der Waals surface area (Å²) in [6.45, 7) is 0. The zero-order valence-electron chi connectivity index (χ0n) is 34.7. The van der Waals surface area contributed by atoms with Gasteiger partial charge in [0, 0.05) is 64.7 Å². The summed E-state index contributed by atoms with van der Waals surface area (Å²) in [4.78, 5) is 2.60. The summed E-state index contributed by atoms with van der Waals surface area (Å²) in [5.41, 5.74) is 16.4. The standard InChI is InChI=1S/C60H38N2OS/c1-3-11-37(12-4-1)39-19-25-45-47-27-21-41(33-55(47)61(53(45)31-39)43-23-29-58-51(35-43)49-15-7-9-17-57(49)63-58)42-22-28-48-46-26-20-40(38-13-5-2-6-14-38)32-54(46)62(56(48)34-42)44-24-30-60-52(36-44)50-16-8-10-18-59(50)64-60/h1-36,46,54H. The topological polar surface area (TPSA) is 21.3 Å². The Balaban J connectivity index is 0.962. The molecule has 300 valence electrons. The normalized spacial score (nSPS) is 15.8. The fourth-order valence-corrected chi connectivity index (χ4v) is 11.8. The fourth-order valence-electron chi connectivity index (χ4n) is 10.7. The van der Waals surface area contributed by atoms with Gasteiger partial charge < -0.3 is 13.9 Å². The van der Waals surface area contributed by atoms with E-state index in [-0.39, 0.29) is 12.0 Å². The highest BCUT2D eigenvalue weighted by atomic mass is 32.1. The average molecular weight is 835 g/mol. The van der Waals surface area contributed by atoms with Gasteiger partial charge in [-0.2, -0.15) is 0 Å². The SMILES string of the molecule is C1=CC2c3ccc(-c4ccc5c6ccc(-c7ccccc7)cc6n(-c6ccc7oc8ccccc8c7c6)c5c4)cc3N(c3ccc4sc5ccccc5c4c3)C2C=C1c1ccccc1. The maximum atomic E-state index is 6.31. The molecule has 64 heavy (non-hydrogen) atoms. The number of rotatable bonds is 5. The number of nitrogens with zero attached hydrogens (tertiary/aromatic N) is 2. The Morgan fingerprint density at radius 3 is 1.86 bits per heavy atom. The number of hydrogen-bond donors (Lipinski definition) is 0. The van der Waals surface area contributed by atoms with Crippen molar-refractivity contribution in [3.63, 3.8) is 0 Å². The van der Waals surface area contributed by atoms with Crippen molar-refractivity contribution in [1.82, 2.24) is 4.57 Å². The van der Waals surface area contributed by atoms with Crippen molar-refractivity contribution in [3.05, 3.63) is 230 Å². The van der Waals surface area contributed by atoms with E-state index in [1.54, 1.807) is 0 Å². The molecule has 2 unspecified atom stereocenters. The molecule has 0 radical (unpaired) electrons. The molecule has 0 amide bonds. The number of allylic oxidation sites excluding steroid dienone is 2. The lowest BCUT2D eigenvalue weighted by Gasteiger charge is -2.30. The van der Waals surface area contributed by atoms with Crippen molar-refractivity contribution in [2.75, 3.05) is 4.90 Å². The highest BCUT2D eigenvalue weighted by Crippen LogP contribution is 2.51. The van der Waals surface area contributed by atoms with Gasteiger partial charge in [-0.25, -0.2) is 0 Å². The smallest absolute Gasteiger partial charge is 0.135 e. The molecular weight excluding hydrogens is 797 g/mol. The van der Waals surface area contributed by atoms with Gasteiger partial charge in [0.1, 0.15) is 11.2 Å². The van der Waals surface area contributed by atoms with E-state index >= 15 is 0 Å². The minimum atomic E-state index is 0.130. The first-order chi connectivity index (χ1) is 31.7. The number of thiophene rings is 1. The molecule has 14 rings (SSSR count). The van der Waals surface area contributed by atoms with Gasteiger partial charge in [0.15, 0.2) is 0 Å². The lowest BCUT2D eigenvalue weighted by atomic mass is 9.86. The first-order valence-corrected chi connectivity index (χ1v) is 22.9. The Morgan fingerprint density at radius 1 is 0.422 bits per heavy atom. The maximum absolute atomic E-state index is 6.31. The van der Waals surface area contributed by atoms with Gasteiger partial charge in [0.2, 0.25) is 0 Å². The molecular formula is C60H38N2OS. The fraction of sp³-hybridized carbons (Fsp3) is 0.0333. The first-order valence-electron chi connectivity index (χ1n) is 22.1. The Labute approximate surface area is 373 Å². The molecule has 1 aliphatic heterocycles. The van der Waals surface area contributed by atoms with Crippen LogP contribution in [-0.2, 0) is 0 Å². The molecule has 2 atom stereocenters. The predicted molar refractivity (Wildman–Crippen MR) is 270 cm³/mol. The molecule has 2 aliphatic rings. The molecule has 3 aromatic heterocycles. The molecule has 0 spiro atoms. The van der Waals surface area contributed by atoms with Crippen LogP contribution in [0.25, 0.3) is 97.4 Å². The largest absolute Gasteiger partial charge is 0.456 e. The van der Waals surface area contributed by atoms with Crippen molar-refractivity contribution in [1.29, 1.82) is 0 Å². The Kier molecular flexibility index (Phi) is 7.68. The van der Waals surface area contributed by atoms with E-state index in [1.807, 2.05) is 17.4 Å². The van der Waals surface area contributed by atoms with Crippen LogP contribution in [0.4, 0.5) is 11.4 Å². The van der Waals surface area contributed by atoms with Crippen LogP contribution < -0.4 is 4.90 Å². The Morgan fingerprint density at radius 2 is 1.05 bits per heavy atom. The van der Waals surface area contributed by atoms with Crippen molar-refractivity contribution >= 4 is 92.2 Å². The van der Waals surface area contributed by atoms with Crippen LogP contribution in [0.15, 0.2) is 223 Å². The van der Waals surface area contributed by atoms with E-state index in [0.717, 1.165) is 27.6 Å². The van der Waals surface area contributed by atoms with E-state index < -0.39 is 0 Å². The van der Waals surface area contributed by atoms with Crippen LogP contribution in [0, 0.1) is 0 Å². The van der Waals surface area contributed by atoms with Crippen molar-refractivity contribution < 1.29 is 4.42 Å². The Hall–Kier alpha value is -7.92. The summed E-state index contributed by atoms with van der Waals surface area (Å²) < 4.78 is 11.4. The van der Waals surface area contributed by atoms with Gasteiger partial charge in [0.05, 0.1) is 17.1 Å². The van der Waals surface area contributed by atoms with Gasteiger partial charge in [-0.05, 0) is 106 Å². The number of furan rings is 1.